The molecule has 0 bridgehead atoms. The van der Waals surface area contributed by atoms with E-state index in [-0.39, 0.29) is 28.9 Å². The molecule has 0 amide bonds. The SMILES string of the molecule is COc1ccccc1-c1nnc(-c2nc(-c3ccnc(C4(C#N)CCNCC4)c3)cnc2C)o1.Cc1ncc(-c2ccnc(C(C)(C)C#N)c2)nc1-c1nnc(-c2ccc(F)cc2F)o1.Cc1ncc(-c2ccnc(C(C)(C)C#N)c2)nc1-c1nnc(-c2ccc(N3CC(N(C)C)C3)cc2)o1.[HH].[HH].[HH].[HH]. The zero-order valence-corrected chi connectivity index (χ0v) is 56.9. The summed E-state index contributed by atoms with van der Waals surface area (Å²) >= 11 is 0. The van der Waals surface area contributed by atoms with Crippen molar-refractivity contribution in [2.24, 2.45) is 0 Å². The molecule has 27 heteroatoms. The Morgan fingerprint density at radius 3 is 1.50 bits per heavy atom. The highest BCUT2D eigenvalue weighted by atomic mass is 19.1. The van der Waals surface area contributed by atoms with E-state index in [1.807, 2.05) is 88.4 Å². The number of aryl methyl sites for hydroxylation is 3. The summed E-state index contributed by atoms with van der Waals surface area (Å²) in [5.74, 6) is 0.439. The number of nitrogens with one attached hydrogen (secondary N) is 1. The van der Waals surface area contributed by atoms with E-state index in [0.717, 1.165) is 73.5 Å². The number of ether oxygens (including phenoxy) is 1. The van der Waals surface area contributed by atoms with Gasteiger partial charge in [-0.3, -0.25) is 29.9 Å². The van der Waals surface area contributed by atoms with Crippen LogP contribution in [0.3, 0.4) is 0 Å². The highest BCUT2D eigenvalue weighted by molar-refractivity contribution is 5.69. The van der Waals surface area contributed by atoms with Crippen LogP contribution < -0.4 is 15.0 Å². The fraction of sp³-hybridized carbons (Fsp3) is 0.270. The number of rotatable bonds is 15. The molecule has 3 aromatic carbocycles. The molecule has 1 N–H and O–H groups in total. The number of hydrogen-bond donors (Lipinski definition) is 1. The lowest BCUT2D eigenvalue weighted by Crippen LogP contribution is -2.57. The molecular weight excluding hydrogens is 1280 g/mol. The van der Waals surface area contributed by atoms with Crippen molar-refractivity contribution in [3.05, 3.63) is 186 Å². The molecule has 101 heavy (non-hydrogen) atoms. The standard InChI is InChI=1S/C27H28N8O.C25H23N7O2.C22H16F2N6O.4H2/c1-17-24(31-22(13-30-17)19-10-11-29-23(12-19)27(2,3)16-28)26-33-32-25(36-26)18-6-8-20(9-7-18)35-14-21(15-35)34(4)5;1-16-22(24-32-31-23(34-24)18-5-3-4-6-20(18)33-2)30-19(14-29-16)17-7-10-28-21(13-17)25(15-26)8-11-27-12-9-25;1-12-19(21-30-29-20(31-21)15-5-4-14(23)9-16(15)24)28-17(10-27-12)13-6-7-26-18(8-13)22(2,3)11-25;;;;/h6-13,21H,14-15H2,1-5H3;3-7,10,13-14,27H,8-9,11-12H2,1-2H3;4-10H,1-3H3;4*1H. The Hall–Kier alpha value is -12.4. The second kappa shape index (κ2) is 29.0. The molecule has 9 aromatic heterocycles. The van der Waals surface area contributed by atoms with Crippen molar-refractivity contribution in [3.8, 4) is 127 Å². The van der Waals surface area contributed by atoms with Crippen LogP contribution in [0.15, 0.2) is 154 Å². The molecule has 12 aromatic rings. The molecular formula is C74H75F2N21O4. The van der Waals surface area contributed by atoms with E-state index in [1.54, 1.807) is 77.2 Å². The molecule has 0 unspecified atom stereocenters. The number of pyridine rings is 3. The first kappa shape index (κ1) is 68.6. The Morgan fingerprint density at radius 1 is 0.554 bits per heavy atom. The lowest BCUT2D eigenvalue weighted by Gasteiger charge is -2.44. The van der Waals surface area contributed by atoms with Gasteiger partial charge in [0.05, 0.1) is 117 Å². The van der Waals surface area contributed by atoms with Gasteiger partial charge >= 0.3 is 0 Å². The molecule has 25 nitrogen and oxygen atoms in total. The van der Waals surface area contributed by atoms with E-state index in [2.05, 4.69) is 125 Å². The molecule has 2 aliphatic rings. The summed E-state index contributed by atoms with van der Waals surface area (Å²) in [7, 11) is 5.83. The molecule has 0 spiro atoms. The number of hydrogen-bond acceptors (Lipinski definition) is 25. The largest absolute Gasteiger partial charge is 0.496 e. The second-order valence-electron chi connectivity index (χ2n) is 25.4. The summed E-state index contributed by atoms with van der Waals surface area (Å²) in [6.07, 6.45) is 11.4. The summed E-state index contributed by atoms with van der Waals surface area (Å²) < 4.78 is 50.2. The van der Waals surface area contributed by atoms with E-state index in [1.165, 1.54) is 11.8 Å². The first-order valence-corrected chi connectivity index (χ1v) is 32.2. The maximum absolute atomic E-state index is 14.1. The molecule has 514 valence electrons. The Labute approximate surface area is 586 Å². The maximum Gasteiger partial charge on any atom is 0.268 e. The predicted octanol–water partition coefficient (Wildman–Crippen LogP) is 13.5. The number of piperidine rings is 1. The number of nitriles is 3. The minimum atomic E-state index is -0.809. The molecule has 0 radical (unpaired) electrons. The van der Waals surface area contributed by atoms with Crippen molar-refractivity contribution in [1.82, 2.24) is 85.7 Å². The normalized spacial score (nSPS) is 13.5. The lowest BCUT2D eigenvalue weighted by molar-refractivity contribution is 0.247. The molecule has 0 saturated carbocycles. The number of methoxy groups -OCH3 is 1. The minimum absolute atomic E-state index is 0. The van der Waals surface area contributed by atoms with Gasteiger partial charge in [0.25, 0.3) is 29.5 Å². The summed E-state index contributed by atoms with van der Waals surface area (Å²) in [6, 6.07) is 37.4. The van der Waals surface area contributed by atoms with Crippen LogP contribution in [0.2, 0.25) is 0 Å². The summed E-state index contributed by atoms with van der Waals surface area (Å²) in [6.45, 7) is 16.3. The summed E-state index contributed by atoms with van der Waals surface area (Å²) in [5.41, 5.74) is 10.1. The highest BCUT2D eigenvalue weighted by Gasteiger charge is 2.36. The van der Waals surface area contributed by atoms with Gasteiger partial charge in [-0.25, -0.2) is 23.7 Å². The average molecular weight is 1360 g/mol. The number of likely N-dealkylation sites (N-methyl/N-ethyl adjacent to an activating group) is 1. The number of halogens is 2. The van der Waals surface area contributed by atoms with Gasteiger partial charge in [0.1, 0.15) is 39.9 Å². The molecule has 11 heterocycles. The van der Waals surface area contributed by atoms with Gasteiger partial charge < -0.3 is 33.1 Å². The van der Waals surface area contributed by atoms with Crippen molar-refractivity contribution in [2.75, 3.05) is 52.3 Å². The first-order valence-electron chi connectivity index (χ1n) is 32.2. The second-order valence-corrected chi connectivity index (χ2v) is 25.4. The number of para-hydroxylation sites is 1. The van der Waals surface area contributed by atoms with E-state index in [9.17, 15) is 24.6 Å². The van der Waals surface area contributed by atoms with Gasteiger partial charge in [-0.2, -0.15) is 15.8 Å². The minimum Gasteiger partial charge on any atom is -0.496 e. The van der Waals surface area contributed by atoms with Crippen LogP contribution in [-0.4, -0.2) is 134 Å². The number of nitrogens with zero attached hydrogens (tertiary/aromatic N) is 20. The van der Waals surface area contributed by atoms with Crippen molar-refractivity contribution in [3.63, 3.8) is 0 Å². The number of benzene rings is 3. The van der Waals surface area contributed by atoms with Gasteiger partial charge in [0.2, 0.25) is 5.89 Å². The van der Waals surface area contributed by atoms with Crippen LogP contribution in [0.25, 0.3) is 103 Å². The van der Waals surface area contributed by atoms with Gasteiger partial charge in [-0.1, -0.05) is 12.1 Å². The monoisotopic (exact) mass is 1360 g/mol. The van der Waals surface area contributed by atoms with Crippen LogP contribution in [0, 0.1) is 66.4 Å². The highest BCUT2D eigenvalue weighted by Crippen LogP contribution is 2.37. The Balaban J connectivity index is 0.000000196. The molecule has 14 rings (SSSR count). The van der Waals surface area contributed by atoms with Gasteiger partial charge in [0, 0.05) is 77.4 Å². The van der Waals surface area contributed by atoms with Crippen LogP contribution in [0.5, 0.6) is 5.75 Å². The molecule has 0 atom stereocenters. The van der Waals surface area contributed by atoms with Crippen molar-refractivity contribution >= 4 is 5.69 Å². The van der Waals surface area contributed by atoms with E-state index in [0.29, 0.717) is 103 Å². The number of aromatic nitrogens is 15. The Bertz CT molecular complexity index is 5160. The zero-order valence-electron chi connectivity index (χ0n) is 56.9. The van der Waals surface area contributed by atoms with E-state index >= 15 is 0 Å². The average Bonchev–Trinajstić information content (AvgIpc) is 1.51. The Morgan fingerprint density at radius 2 is 1.02 bits per heavy atom. The summed E-state index contributed by atoms with van der Waals surface area (Å²) in [5, 5.41) is 56.8. The zero-order chi connectivity index (χ0) is 71.2. The third-order valence-corrected chi connectivity index (χ3v) is 17.5. The van der Waals surface area contributed by atoms with Gasteiger partial charge in [-0.05, 0) is 173 Å². The van der Waals surface area contributed by atoms with E-state index in [4.69, 9.17) is 28.0 Å². The summed E-state index contributed by atoms with van der Waals surface area (Å²) in [4.78, 5) is 45.3. The third kappa shape index (κ3) is 14.8. The fourth-order valence-corrected chi connectivity index (χ4v) is 11.1. The van der Waals surface area contributed by atoms with Crippen molar-refractivity contribution in [2.45, 2.75) is 83.6 Å². The van der Waals surface area contributed by atoms with Crippen molar-refractivity contribution < 1.29 is 32.5 Å². The fourth-order valence-electron chi connectivity index (χ4n) is 11.1. The molecule has 0 aliphatic carbocycles. The van der Waals surface area contributed by atoms with Crippen LogP contribution >= 0.6 is 0 Å². The first-order chi connectivity index (χ1) is 48.7. The van der Waals surface area contributed by atoms with Crippen LogP contribution in [-0.2, 0) is 16.2 Å². The predicted molar refractivity (Wildman–Crippen MR) is 377 cm³/mol. The van der Waals surface area contributed by atoms with Crippen LogP contribution in [0.1, 0.15) is 80.4 Å². The van der Waals surface area contributed by atoms with Gasteiger partial charge in [0.15, 0.2) is 0 Å². The van der Waals surface area contributed by atoms with E-state index < -0.39 is 27.9 Å². The van der Waals surface area contributed by atoms with Crippen molar-refractivity contribution in [1.29, 1.82) is 15.8 Å². The maximum atomic E-state index is 14.1. The number of anilines is 1. The van der Waals surface area contributed by atoms with Gasteiger partial charge in [-0.15, -0.1) is 30.6 Å². The smallest absolute Gasteiger partial charge is 0.268 e. The van der Waals surface area contributed by atoms with Crippen LogP contribution in [0.4, 0.5) is 14.5 Å². The lowest BCUT2D eigenvalue weighted by atomic mass is 9.77. The molecule has 2 saturated heterocycles. The topological polar surface area (TPSA) is 332 Å². The quantitative estimate of drug-likeness (QED) is 0.0996. The Kier molecular flexibility index (Phi) is 19.7. The molecule has 2 fully saturated rings. The molecule has 2 aliphatic heterocycles. The third-order valence-electron chi connectivity index (χ3n) is 17.5.